The molecular formula is C20H19Cl2NZr. The first-order chi connectivity index (χ1) is 10.8. The monoisotopic (exact) mass is 433 g/mol. The summed E-state index contributed by atoms with van der Waals surface area (Å²) in [6, 6.07) is 15.9. The van der Waals surface area contributed by atoms with E-state index >= 15 is 0 Å². The van der Waals surface area contributed by atoms with Gasteiger partial charge in [-0.2, -0.15) is 0 Å². The molecule has 2 aromatic carbocycles. The molecule has 0 heterocycles. The van der Waals surface area contributed by atoms with Gasteiger partial charge in [0, 0.05) is 0 Å². The molecule has 1 atom stereocenters. The zero-order valence-electron chi connectivity index (χ0n) is 13.8. The molecule has 2 aliphatic carbocycles. The van der Waals surface area contributed by atoms with Crippen molar-refractivity contribution in [2.45, 2.75) is 10.0 Å². The predicted octanol–water partition coefficient (Wildman–Crippen LogP) is -1.24. The van der Waals surface area contributed by atoms with Gasteiger partial charge in [0.2, 0.25) is 0 Å². The number of rotatable bonds is 3. The summed E-state index contributed by atoms with van der Waals surface area (Å²) in [6.45, 7) is 0. The van der Waals surface area contributed by atoms with Crippen LogP contribution in [0.5, 0.6) is 0 Å². The molecule has 0 spiro atoms. The van der Waals surface area contributed by atoms with Crippen LogP contribution < -0.4 is 29.7 Å². The molecule has 0 N–H and O–H groups in total. The van der Waals surface area contributed by atoms with E-state index in [1.807, 2.05) is 0 Å². The third-order valence-corrected chi connectivity index (χ3v) is 8.57. The largest absolute Gasteiger partial charge is 1.00 e. The van der Waals surface area contributed by atoms with Crippen LogP contribution >= 0.6 is 0 Å². The van der Waals surface area contributed by atoms with E-state index in [1.54, 1.807) is 14.4 Å². The van der Waals surface area contributed by atoms with Gasteiger partial charge in [0.05, 0.1) is 0 Å². The molecule has 0 amide bonds. The summed E-state index contributed by atoms with van der Waals surface area (Å²) in [5.41, 5.74) is 7.41. The number of fused-ring (bicyclic) bond motifs is 3. The molecule has 0 radical (unpaired) electrons. The second-order valence-electron chi connectivity index (χ2n) is 6.12. The van der Waals surface area contributed by atoms with Crippen molar-refractivity contribution in [1.29, 1.82) is 0 Å². The van der Waals surface area contributed by atoms with Crippen LogP contribution in [0.4, 0.5) is 5.69 Å². The average molecular weight is 436 g/mol. The van der Waals surface area contributed by atoms with Gasteiger partial charge in [-0.1, -0.05) is 0 Å². The normalized spacial score (nSPS) is 16.2. The van der Waals surface area contributed by atoms with Crippen molar-refractivity contribution in [2.24, 2.45) is 0 Å². The molecule has 0 aromatic heterocycles. The van der Waals surface area contributed by atoms with E-state index in [1.165, 1.54) is 23.2 Å². The number of halogens is 2. The van der Waals surface area contributed by atoms with Gasteiger partial charge in [0.25, 0.3) is 0 Å². The first-order valence-electron chi connectivity index (χ1n) is 7.77. The van der Waals surface area contributed by atoms with Crippen molar-refractivity contribution < 1.29 is 48.0 Å². The summed E-state index contributed by atoms with van der Waals surface area (Å²) >= 11 is -0.638. The summed E-state index contributed by atoms with van der Waals surface area (Å²) in [4.78, 5) is 2.25. The molecule has 1 unspecified atom stereocenters. The van der Waals surface area contributed by atoms with E-state index in [-0.39, 0.29) is 24.8 Å². The Morgan fingerprint density at radius 2 is 1.71 bits per heavy atom. The fraction of sp³-hybridized carbons (Fsp3) is 0.200. The van der Waals surface area contributed by atoms with Gasteiger partial charge in [0.15, 0.2) is 0 Å². The second-order valence-corrected chi connectivity index (χ2v) is 9.83. The number of hydrogen-bond acceptors (Lipinski definition) is 1. The molecule has 1 nitrogen and oxygen atoms in total. The number of allylic oxidation sites excluding steroid dienone is 4. The van der Waals surface area contributed by atoms with Gasteiger partial charge in [-0.05, 0) is 0 Å². The Hall–Kier alpha value is -0.817. The molecule has 4 rings (SSSR count). The maximum Gasteiger partial charge on any atom is -1.00 e. The number of hydrogen-bond donors (Lipinski definition) is 0. The van der Waals surface area contributed by atoms with Crippen molar-refractivity contribution in [3.8, 4) is 11.1 Å². The molecule has 122 valence electrons. The Morgan fingerprint density at radius 1 is 0.958 bits per heavy atom. The predicted molar refractivity (Wildman–Crippen MR) is 89.9 cm³/mol. The Balaban J connectivity index is 0.00000104. The molecule has 0 aliphatic heterocycles. The third kappa shape index (κ3) is 3.29. The Kier molecular flexibility index (Phi) is 6.54. The van der Waals surface area contributed by atoms with Gasteiger partial charge < -0.3 is 24.8 Å². The molecule has 0 saturated heterocycles. The first-order valence-corrected chi connectivity index (χ1v) is 10.4. The van der Waals surface area contributed by atoms with Crippen molar-refractivity contribution in [2.75, 3.05) is 19.0 Å². The van der Waals surface area contributed by atoms with Gasteiger partial charge in [-0.3, -0.25) is 0 Å². The first kappa shape index (κ1) is 19.5. The van der Waals surface area contributed by atoms with E-state index in [2.05, 4.69) is 79.7 Å². The summed E-state index contributed by atoms with van der Waals surface area (Å²) in [5, 5.41) is 0. The van der Waals surface area contributed by atoms with Crippen molar-refractivity contribution >= 4 is 5.69 Å². The average Bonchev–Trinajstić information content (AvgIpc) is 3.15. The summed E-state index contributed by atoms with van der Waals surface area (Å²) < 4.78 is 2.38. The van der Waals surface area contributed by atoms with Crippen LogP contribution in [0.2, 0.25) is 0 Å². The Morgan fingerprint density at radius 3 is 2.42 bits per heavy atom. The zero-order valence-corrected chi connectivity index (χ0v) is 17.7. The van der Waals surface area contributed by atoms with E-state index in [0.717, 1.165) is 0 Å². The smallest absolute Gasteiger partial charge is 1.00 e. The van der Waals surface area contributed by atoms with Crippen LogP contribution in [0, 0.1) is 0 Å². The minimum Gasteiger partial charge on any atom is -1.00 e. The minimum atomic E-state index is -0.638. The van der Waals surface area contributed by atoms with Crippen molar-refractivity contribution in [3.05, 3.63) is 75.1 Å². The number of anilines is 1. The van der Waals surface area contributed by atoms with Crippen LogP contribution in [0.1, 0.15) is 21.2 Å². The standard InChI is InChI=1S/C15H14N.C5H5.2ClH.Zr/c1-16(2)14-9-5-7-12-10-11-6-3-4-8-13(11)15(12)14;1-2-4-5-3-1;;;/h3-10H,1-2H3;1-3H,4H2;2*1H;/q;;;;+2/p-2. The van der Waals surface area contributed by atoms with Gasteiger partial charge >= 0.3 is 144 Å². The molecule has 4 heteroatoms. The van der Waals surface area contributed by atoms with Gasteiger partial charge in [0.1, 0.15) is 0 Å². The molecule has 0 fully saturated rings. The second kappa shape index (κ2) is 8.04. The maximum absolute atomic E-state index is 2.36. The fourth-order valence-electron chi connectivity index (χ4n) is 3.50. The third-order valence-electron chi connectivity index (χ3n) is 4.51. The van der Waals surface area contributed by atoms with Gasteiger partial charge in [-0.15, -0.1) is 0 Å². The van der Waals surface area contributed by atoms with Crippen LogP contribution in [-0.4, -0.2) is 14.1 Å². The van der Waals surface area contributed by atoms with Crippen LogP contribution in [0.3, 0.4) is 0 Å². The quantitative estimate of drug-likeness (QED) is 0.583. The van der Waals surface area contributed by atoms with Crippen LogP contribution in [-0.2, 0) is 23.2 Å². The van der Waals surface area contributed by atoms with Crippen LogP contribution in [0.25, 0.3) is 11.1 Å². The maximum atomic E-state index is 2.36. The minimum absolute atomic E-state index is 0. The Bertz CT molecular complexity index is 796. The fourth-order valence-corrected chi connectivity index (χ4v) is 7.44. The molecule has 2 aliphatic rings. The number of benzene rings is 2. The summed E-state index contributed by atoms with van der Waals surface area (Å²) in [6.07, 6.45) is 8.08. The van der Waals surface area contributed by atoms with E-state index < -0.39 is 23.2 Å². The molecule has 2 aromatic rings. The van der Waals surface area contributed by atoms with Gasteiger partial charge in [-0.25, -0.2) is 0 Å². The zero-order chi connectivity index (χ0) is 15.1. The molecule has 24 heavy (non-hydrogen) atoms. The topological polar surface area (TPSA) is 3.24 Å². The van der Waals surface area contributed by atoms with Crippen molar-refractivity contribution in [3.63, 3.8) is 0 Å². The summed E-state index contributed by atoms with van der Waals surface area (Å²) in [5.74, 6) is 0. The Labute approximate surface area is 168 Å². The molecule has 0 bridgehead atoms. The SMILES string of the molecule is CN(C)c1cccc2c1-c1ccccc1[CH]2[Zr+2][C]1=CC=CC1.[Cl-].[Cl-]. The summed E-state index contributed by atoms with van der Waals surface area (Å²) in [7, 11) is 4.30. The molecular weight excluding hydrogens is 416 g/mol. The van der Waals surface area contributed by atoms with E-state index in [9.17, 15) is 0 Å². The molecule has 0 saturated carbocycles. The van der Waals surface area contributed by atoms with E-state index in [4.69, 9.17) is 0 Å². The number of nitrogens with zero attached hydrogens (tertiary/aromatic N) is 1. The van der Waals surface area contributed by atoms with E-state index in [0.29, 0.717) is 3.63 Å². The van der Waals surface area contributed by atoms with Crippen molar-refractivity contribution in [1.82, 2.24) is 0 Å². The van der Waals surface area contributed by atoms with Crippen LogP contribution in [0.15, 0.2) is 64.0 Å².